The van der Waals surface area contributed by atoms with Crippen LogP contribution >= 0.6 is 17.0 Å². The Balaban J connectivity index is 0.000001000. The summed E-state index contributed by atoms with van der Waals surface area (Å²) in [6.45, 7) is 7.32. The molecule has 1 rings (SSSR count). The summed E-state index contributed by atoms with van der Waals surface area (Å²) >= 11 is 0. The molecule has 0 spiro atoms. The largest absolute Gasteiger partial charge is 0.301 e. The highest BCUT2D eigenvalue weighted by molar-refractivity contribution is 8.93. The summed E-state index contributed by atoms with van der Waals surface area (Å²) in [4.78, 5) is 2.61. The SMILES string of the molecule is Br.CCCC(C)N1CCCC1. The molecule has 1 aliphatic heterocycles. The lowest BCUT2D eigenvalue weighted by Gasteiger charge is -2.22. The molecule has 0 aromatic rings. The molecule has 0 N–H and O–H groups in total. The van der Waals surface area contributed by atoms with E-state index in [1.165, 1.54) is 38.8 Å². The Morgan fingerprint density at radius 3 is 2.27 bits per heavy atom. The molecule has 1 nitrogen and oxygen atoms in total. The van der Waals surface area contributed by atoms with Crippen molar-refractivity contribution in [3.63, 3.8) is 0 Å². The van der Waals surface area contributed by atoms with Crippen molar-refractivity contribution in [2.75, 3.05) is 13.1 Å². The highest BCUT2D eigenvalue weighted by Crippen LogP contribution is 2.14. The van der Waals surface area contributed by atoms with E-state index in [9.17, 15) is 0 Å². The standard InChI is InChI=1S/C9H19N.BrH/c1-3-6-9(2)10-7-4-5-8-10;/h9H,3-8H2,1-2H3;1H. The summed E-state index contributed by atoms with van der Waals surface area (Å²) < 4.78 is 0. The Kier molecular flexibility index (Phi) is 6.25. The minimum absolute atomic E-state index is 0. The number of rotatable bonds is 3. The van der Waals surface area contributed by atoms with Crippen molar-refractivity contribution in [2.45, 2.75) is 45.6 Å². The minimum atomic E-state index is 0. The maximum Gasteiger partial charge on any atom is 0.00668 e. The lowest BCUT2D eigenvalue weighted by atomic mass is 10.2. The molecule has 11 heavy (non-hydrogen) atoms. The van der Waals surface area contributed by atoms with Crippen LogP contribution in [0.3, 0.4) is 0 Å². The van der Waals surface area contributed by atoms with Crippen molar-refractivity contribution in [3.05, 3.63) is 0 Å². The third-order valence-corrected chi connectivity index (χ3v) is 2.47. The normalized spacial score (nSPS) is 21.3. The summed E-state index contributed by atoms with van der Waals surface area (Å²) in [5, 5.41) is 0. The Morgan fingerprint density at radius 1 is 1.27 bits per heavy atom. The van der Waals surface area contributed by atoms with Crippen LogP contribution in [0.25, 0.3) is 0 Å². The molecule has 1 saturated heterocycles. The molecule has 2 heteroatoms. The van der Waals surface area contributed by atoms with Gasteiger partial charge in [-0.15, -0.1) is 17.0 Å². The second kappa shape index (κ2) is 6.01. The van der Waals surface area contributed by atoms with Crippen LogP contribution in [-0.4, -0.2) is 24.0 Å². The molecule has 0 bridgehead atoms. The Morgan fingerprint density at radius 2 is 1.82 bits per heavy atom. The Hall–Kier alpha value is 0.440. The maximum atomic E-state index is 2.61. The van der Waals surface area contributed by atoms with Crippen LogP contribution in [0.15, 0.2) is 0 Å². The van der Waals surface area contributed by atoms with Crippen LogP contribution in [0.4, 0.5) is 0 Å². The van der Waals surface area contributed by atoms with Crippen LogP contribution in [0.1, 0.15) is 39.5 Å². The third kappa shape index (κ3) is 3.57. The predicted molar refractivity (Wildman–Crippen MR) is 55.5 cm³/mol. The van der Waals surface area contributed by atoms with Gasteiger partial charge in [0.25, 0.3) is 0 Å². The molecule has 0 aromatic heterocycles. The van der Waals surface area contributed by atoms with Crippen LogP contribution in [-0.2, 0) is 0 Å². The molecule has 68 valence electrons. The Labute approximate surface area is 80.9 Å². The molecule has 0 aliphatic carbocycles. The van der Waals surface area contributed by atoms with Crippen LogP contribution in [0.5, 0.6) is 0 Å². The van der Waals surface area contributed by atoms with Crippen molar-refractivity contribution in [3.8, 4) is 0 Å². The van der Waals surface area contributed by atoms with Gasteiger partial charge in [-0.3, -0.25) is 0 Å². The van der Waals surface area contributed by atoms with Crippen molar-refractivity contribution < 1.29 is 0 Å². The first-order valence-corrected chi connectivity index (χ1v) is 4.58. The molecule has 1 heterocycles. The van der Waals surface area contributed by atoms with E-state index >= 15 is 0 Å². The van der Waals surface area contributed by atoms with E-state index in [0.29, 0.717) is 0 Å². The first-order valence-electron chi connectivity index (χ1n) is 4.58. The summed E-state index contributed by atoms with van der Waals surface area (Å²) in [6.07, 6.45) is 5.56. The summed E-state index contributed by atoms with van der Waals surface area (Å²) in [7, 11) is 0. The van der Waals surface area contributed by atoms with Gasteiger partial charge in [-0.05, 0) is 39.3 Å². The fourth-order valence-electron chi connectivity index (χ4n) is 1.78. The third-order valence-electron chi connectivity index (χ3n) is 2.47. The zero-order valence-corrected chi connectivity index (χ0v) is 9.39. The smallest absolute Gasteiger partial charge is 0.00668 e. The number of likely N-dealkylation sites (tertiary alicyclic amines) is 1. The number of halogens is 1. The van der Waals surface area contributed by atoms with Gasteiger partial charge in [0, 0.05) is 6.04 Å². The van der Waals surface area contributed by atoms with E-state index < -0.39 is 0 Å². The van der Waals surface area contributed by atoms with Crippen LogP contribution in [0.2, 0.25) is 0 Å². The lowest BCUT2D eigenvalue weighted by molar-refractivity contribution is 0.246. The molecule has 0 saturated carbocycles. The fourth-order valence-corrected chi connectivity index (χ4v) is 1.78. The molecule has 1 unspecified atom stereocenters. The van der Waals surface area contributed by atoms with E-state index in [1.54, 1.807) is 0 Å². The van der Waals surface area contributed by atoms with Gasteiger partial charge in [-0.25, -0.2) is 0 Å². The first kappa shape index (κ1) is 11.4. The fraction of sp³-hybridized carbons (Fsp3) is 1.00. The topological polar surface area (TPSA) is 3.24 Å². The Bertz CT molecular complexity index is 89.6. The van der Waals surface area contributed by atoms with E-state index in [0.717, 1.165) is 6.04 Å². The van der Waals surface area contributed by atoms with Gasteiger partial charge in [0.15, 0.2) is 0 Å². The quantitative estimate of drug-likeness (QED) is 0.709. The number of hydrogen-bond donors (Lipinski definition) is 0. The first-order chi connectivity index (χ1) is 4.84. The van der Waals surface area contributed by atoms with E-state index in [2.05, 4.69) is 18.7 Å². The zero-order chi connectivity index (χ0) is 7.40. The molecule has 1 atom stereocenters. The molecule has 0 aromatic carbocycles. The second-order valence-corrected chi connectivity index (χ2v) is 3.38. The van der Waals surface area contributed by atoms with Gasteiger partial charge in [-0.2, -0.15) is 0 Å². The molecular weight excluding hydrogens is 202 g/mol. The highest BCUT2D eigenvalue weighted by atomic mass is 79.9. The molecular formula is C9H20BrN. The van der Waals surface area contributed by atoms with Gasteiger partial charge in [0.05, 0.1) is 0 Å². The van der Waals surface area contributed by atoms with Crippen molar-refractivity contribution >= 4 is 17.0 Å². The van der Waals surface area contributed by atoms with Crippen molar-refractivity contribution in [1.82, 2.24) is 4.90 Å². The average Bonchev–Trinajstić information content (AvgIpc) is 2.38. The van der Waals surface area contributed by atoms with Gasteiger partial charge in [0.2, 0.25) is 0 Å². The van der Waals surface area contributed by atoms with Crippen molar-refractivity contribution in [2.24, 2.45) is 0 Å². The minimum Gasteiger partial charge on any atom is -0.301 e. The summed E-state index contributed by atoms with van der Waals surface area (Å²) in [5.74, 6) is 0. The van der Waals surface area contributed by atoms with Crippen LogP contribution < -0.4 is 0 Å². The molecule has 1 fully saturated rings. The van der Waals surface area contributed by atoms with E-state index in [1.807, 2.05) is 0 Å². The van der Waals surface area contributed by atoms with Crippen molar-refractivity contribution in [1.29, 1.82) is 0 Å². The zero-order valence-electron chi connectivity index (χ0n) is 7.68. The number of nitrogens with zero attached hydrogens (tertiary/aromatic N) is 1. The molecule has 1 aliphatic rings. The summed E-state index contributed by atoms with van der Waals surface area (Å²) in [6, 6.07) is 0.840. The molecule has 0 amide bonds. The maximum absolute atomic E-state index is 2.61. The monoisotopic (exact) mass is 221 g/mol. The van der Waals surface area contributed by atoms with Gasteiger partial charge in [-0.1, -0.05) is 13.3 Å². The predicted octanol–water partition coefficient (Wildman–Crippen LogP) is 2.85. The van der Waals surface area contributed by atoms with Crippen LogP contribution in [0, 0.1) is 0 Å². The lowest BCUT2D eigenvalue weighted by Crippen LogP contribution is -2.29. The molecule has 0 radical (unpaired) electrons. The van der Waals surface area contributed by atoms with Gasteiger partial charge in [0.1, 0.15) is 0 Å². The average molecular weight is 222 g/mol. The van der Waals surface area contributed by atoms with Gasteiger partial charge >= 0.3 is 0 Å². The highest BCUT2D eigenvalue weighted by Gasteiger charge is 2.16. The van der Waals surface area contributed by atoms with E-state index in [4.69, 9.17) is 0 Å². The van der Waals surface area contributed by atoms with Gasteiger partial charge < -0.3 is 4.90 Å². The summed E-state index contributed by atoms with van der Waals surface area (Å²) in [5.41, 5.74) is 0. The van der Waals surface area contributed by atoms with E-state index in [-0.39, 0.29) is 17.0 Å². The number of hydrogen-bond acceptors (Lipinski definition) is 1. The second-order valence-electron chi connectivity index (χ2n) is 3.38.